The zero-order valence-electron chi connectivity index (χ0n) is 21.9. The molecule has 12 heteroatoms. The van der Waals surface area contributed by atoms with E-state index in [0.29, 0.717) is 0 Å². The zero-order valence-corrected chi connectivity index (χ0v) is 21.9. The quantitative estimate of drug-likeness (QED) is 0.268. The van der Waals surface area contributed by atoms with Crippen LogP contribution in [0, 0.1) is 17.8 Å². The number of carbonyl (C=O) groups is 4. The second kappa shape index (κ2) is 12.0. The molecule has 0 aromatic heterocycles. The van der Waals surface area contributed by atoms with Crippen LogP contribution in [0.3, 0.4) is 0 Å². The molecule has 0 radical (unpaired) electrons. The largest absolute Gasteiger partial charge is 0.511 e. The number of hydrogen-bond donors (Lipinski definition) is 1. The summed E-state index contributed by atoms with van der Waals surface area (Å²) < 4.78 is 45.7. The minimum atomic E-state index is -2.11. The Morgan fingerprint density at radius 2 is 1.24 bits per heavy atom. The summed E-state index contributed by atoms with van der Waals surface area (Å²) >= 11 is 0. The van der Waals surface area contributed by atoms with Gasteiger partial charge in [0.1, 0.15) is 23.9 Å². The van der Waals surface area contributed by atoms with E-state index in [2.05, 4.69) is 0 Å². The van der Waals surface area contributed by atoms with Gasteiger partial charge in [0.05, 0.1) is 5.92 Å². The molecular weight excluding hydrogens is 505 g/mol. The first-order valence-electron chi connectivity index (χ1n) is 13.7. The van der Waals surface area contributed by atoms with E-state index in [-0.39, 0.29) is 18.6 Å². The fourth-order valence-corrected chi connectivity index (χ4v) is 6.05. The van der Waals surface area contributed by atoms with Gasteiger partial charge in [0.25, 0.3) is 0 Å². The van der Waals surface area contributed by atoms with Gasteiger partial charge in [-0.25, -0.2) is 18.8 Å². The maximum atomic E-state index is 14.8. The van der Waals surface area contributed by atoms with Crippen LogP contribution in [0.4, 0.5) is 14.0 Å². The van der Waals surface area contributed by atoms with Gasteiger partial charge >= 0.3 is 24.2 Å². The van der Waals surface area contributed by atoms with Crippen LogP contribution in [0.1, 0.15) is 84.5 Å². The number of fused-ring (bicyclic) bond motifs is 1. The number of carbonyl (C=O) groups excluding carboxylic acids is 4. The highest BCUT2D eigenvalue weighted by Crippen LogP contribution is 2.63. The highest BCUT2D eigenvalue weighted by molar-refractivity contribution is 5.88. The van der Waals surface area contributed by atoms with Crippen LogP contribution in [0.5, 0.6) is 0 Å². The first kappa shape index (κ1) is 28.4. The Bertz CT molecular complexity index is 889. The lowest BCUT2D eigenvalue weighted by molar-refractivity contribution is -0.179. The number of alkyl halides is 1. The van der Waals surface area contributed by atoms with Crippen molar-refractivity contribution < 1.29 is 52.0 Å². The van der Waals surface area contributed by atoms with Gasteiger partial charge in [-0.1, -0.05) is 12.8 Å². The van der Waals surface area contributed by atoms with Gasteiger partial charge in [0.2, 0.25) is 12.6 Å². The van der Waals surface area contributed by atoms with Crippen LogP contribution in [-0.4, -0.2) is 60.7 Å². The van der Waals surface area contributed by atoms with Crippen LogP contribution >= 0.6 is 0 Å². The van der Waals surface area contributed by atoms with Crippen LogP contribution in [0.25, 0.3) is 0 Å². The lowest BCUT2D eigenvalue weighted by atomic mass is 9.90. The smallest absolute Gasteiger partial charge is 0.431 e. The molecule has 0 aromatic rings. The molecular formula is C26H38FNO10. The molecule has 4 aliphatic rings. The van der Waals surface area contributed by atoms with Crippen molar-refractivity contribution in [2.24, 2.45) is 23.5 Å². The van der Waals surface area contributed by atoms with Crippen molar-refractivity contribution in [1.82, 2.24) is 0 Å². The summed E-state index contributed by atoms with van der Waals surface area (Å²) in [6, 6.07) is 0. The molecule has 0 spiro atoms. The van der Waals surface area contributed by atoms with Crippen molar-refractivity contribution in [2.75, 3.05) is 0 Å². The second-order valence-electron chi connectivity index (χ2n) is 10.8. The number of rotatable bonds is 8. The van der Waals surface area contributed by atoms with E-state index in [1.807, 2.05) is 0 Å². The molecule has 0 heterocycles. The van der Waals surface area contributed by atoms with E-state index in [9.17, 15) is 23.6 Å². The van der Waals surface area contributed by atoms with Gasteiger partial charge in [-0.15, -0.1) is 0 Å². The Kier molecular flexibility index (Phi) is 9.00. The molecule has 2 unspecified atom stereocenters. The molecule has 0 aliphatic heterocycles. The van der Waals surface area contributed by atoms with Gasteiger partial charge in [-0.3, -0.25) is 4.79 Å². The van der Waals surface area contributed by atoms with Gasteiger partial charge in [-0.2, -0.15) is 0 Å². The summed E-state index contributed by atoms with van der Waals surface area (Å²) in [5.41, 5.74) is 4.06. The molecule has 0 saturated heterocycles. The van der Waals surface area contributed by atoms with Gasteiger partial charge in [-0.05, 0) is 63.7 Å². The normalized spacial score (nSPS) is 32.7. The third kappa shape index (κ3) is 6.50. The molecule has 0 aromatic carbocycles. The topological polar surface area (TPSA) is 150 Å². The van der Waals surface area contributed by atoms with Crippen LogP contribution in [0.15, 0.2) is 0 Å². The Morgan fingerprint density at radius 1 is 0.763 bits per heavy atom. The molecule has 38 heavy (non-hydrogen) atoms. The molecule has 4 rings (SSSR count). The van der Waals surface area contributed by atoms with Crippen molar-refractivity contribution in [1.29, 1.82) is 0 Å². The summed E-state index contributed by atoms with van der Waals surface area (Å²) in [6.07, 6.45) is 2.20. The fourth-order valence-electron chi connectivity index (χ4n) is 6.05. The maximum Gasteiger partial charge on any atom is 0.511 e. The average Bonchev–Trinajstić information content (AvgIpc) is 3.51. The highest BCUT2D eigenvalue weighted by atomic mass is 19.1. The Balaban J connectivity index is 1.23. The van der Waals surface area contributed by atoms with Crippen LogP contribution in [-0.2, 0) is 38.0 Å². The SMILES string of the molecule is CC(OC(=O)OC1CCCCC1)OC(=O)[C@H]1[C@@H]2C[C@H](F)[C@@](N)(C(=O)OC(C)OC(=O)OC3CCCCC3)[C@@H]21. The second-order valence-corrected chi connectivity index (χ2v) is 10.8. The molecule has 4 aliphatic carbocycles. The average molecular weight is 544 g/mol. The lowest BCUT2D eigenvalue weighted by Gasteiger charge is -2.29. The van der Waals surface area contributed by atoms with E-state index >= 15 is 0 Å². The summed E-state index contributed by atoms with van der Waals surface area (Å²) in [7, 11) is 0. The first-order chi connectivity index (χ1) is 18.1. The van der Waals surface area contributed by atoms with E-state index < -0.39 is 66.3 Å². The van der Waals surface area contributed by atoms with Gasteiger partial charge in [0.15, 0.2) is 0 Å². The van der Waals surface area contributed by atoms with Crippen molar-refractivity contribution in [2.45, 2.75) is 121 Å². The summed E-state index contributed by atoms with van der Waals surface area (Å²) in [4.78, 5) is 49.6. The summed E-state index contributed by atoms with van der Waals surface area (Å²) in [5, 5.41) is 0. The number of halogens is 1. The zero-order chi connectivity index (χ0) is 27.4. The van der Waals surface area contributed by atoms with Gasteiger partial charge < -0.3 is 34.2 Å². The monoisotopic (exact) mass is 543 g/mol. The number of nitrogens with two attached hydrogens (primary N) is 1. The summed E-state index contributed by atoms with van der Waals surface area (Å²) in [6.45, 7) is 2.67. The number of esters is 2. The van der Waals surface area contributed by atoms with Crippen LogP contribution in [0.2, 0.25) is 0 Å². The molecule has 11 nitrogen and oxygen atoms in total. The molecule has 7 atom stereocenters. The Morgan fingerprint density at radius 3 is 1.74 bits per heavy atom. The van der Waals surface area contributed by atoms with Crippen LogP contribution < -0.4 is 5.73 Å². The maximum absolute atomic E-state index is 14.8. The molecule has 214 valence electrons. The van der Waals surface area contributed by atoms with E-state index in [1.54, 1.807) is 0 Å². The van der Waals surface area contributed by atoms with E-state index in [1.165, 1.54) is 13.8 Å². The van der Waals surface area contributed by atoms with Crippen molar-refractivity contribution in [3.05, 3.63) is 0 Å². The van der Waals surface area contributed by atoms with Crippen molar-refractivity contribution in [3.63, 3.8) is 0 Å². The minimum Gasteiger partial charge on any atom is -0.431 e. The third-order valence-corrected chi connectivity index (χ3v) is 8.05. The Labute approximate surface area is 221 Å². The number of hydrogen-bond acceptors (Lipinski definition) is 11. The molecule has 0 bridgehead atoms. The standard InChI is InChI=1S/C26H38FNO10/c1-14(35-24(31)37-16-9-5-3-6-10-16)33-22(29)20-18-13-19(27)26(28,21(18)20)23(30)34-15(2)36-25(32)38-17-11-7-4-8-12-17/h14-21H,3-13,28H2,1-2H3/t14?,15?,18-,19-,20-,21-,26-/m0/s1. The minimum absolute atomic E-state index is 0.131. The summed E-state index contributed by atoms with van der Waals surface area (Å²) in [5.74, 6) is -4.12. The van der Waals surface area contributed by atoms with Crippen molar-refractivity contribution >= 4 is 24.2 Å². The number of ether oxygens (including phenoxy) is 6. The predicted octanol–water partition coefficient (Wildman–Crippen LogP) is 4.04. The van der Waals surface area contributed by atoms with Crippen molar-refractivity contribution in [3.8, 4) is 0 Å². The Hall–Kier alpha value is -2.63. The third-order valence-electron chi connectivity index (χ3n) is 8.05. The lowest BCUT2D eigenvalue weighted by Crippen LogP contribution is -2.58. The van der Waals surface area contributed by atoms with E-state index in [0.717, 1.165) is 64.2 Å². The van der Waals surface area contributed by atoms with Gasteiger partial charge in [0, 0.05) is 19.8 Å². The van der Waals surface area contributed by atoms with E-state index in [4.69, 9.17) is 34.2 Å². The molecule has 4 saturated carbocycles. The molecule has 4 fully saturated rings. The highest BCUT2D eigenvalue weighted by Gasteiger charge is 2.75. The first-order valence-corrected chi connectivity index (χ1v) is 13.7. The molecule has 0 amide bonds. The predicted molar refractivity (Wildman–Crippen MR) is 127 cm³/mol. The fraction of sp³-hybridized carbons (Fsp3) is 0.846. The molecule has 2 N–H and O–H groups in total.